The third kappa shape index (κ3) is 7.42. The van der Waals surface area contributed by atoms with Gasteiger partial charge in [-0.05, 0) is 30.9 Å². The van der Waals surface area contributed by atoms with Crippen molar-refractivity contribution in [1.82, 2.24) is 20.0 Å². The van der Waals surface area contributed by atoms with Crippen LogP contribution in [0.4, 0.5) is 0 Å². The average molecular weight is 760 g/mol. The quantitative estimate of drug-likeness (QED) is 0.205. The molecule has 0 unspecified atom stereocenters. The molecule has 0 aliphatic carbocycles. The molecule has 0 saturated carbocycles. The number of amides is 3. The van der Waals surface area contributed by atoms with E-state index in [1.165, 1.54) is 7.11 Å². The molecule has 3 amide bonds. The van der Waals surface area contributed by atoms with Gasteiger partial charge in [-0.25, -0.2) is 0 Å². The fourth-order valence-electron chi connectivity index (χ4n) is 7.88. The van der Waals surface area contributed by atoms with Gasteiger partial charge in [-0.3, -0.25) is 24.1 Å². The molecule has 0 aromatic heterocycles. The summed E-state index contributed by atoms with van der Waals surface area (Å²) in [6.45, 7) is 4.28. The van der Waals surface area contributed by atoms with E-state index in [-0.39, 0.29) is 50.4 Å². The van der Waals surface area contributed by atoms with Gasteiger partial charge in [0.2, 0.25) is 17.7 Å². The lowest BCUT2D eigenvalue weighted by Gasteiger charge is -2.37. The number of hydrogen-bond acceptors (Lipinski definition) is 10. The molecule has 7 atom stereocenters. The van der Waals surface area contributed by atoms with Crippen molar-refractivity contribution < 1.29 is 43.2 Å². The third-order valence-corrected chi connectivity index (χ3v) is 11.0. The Morgan fingerprint density at radius 2 is 1.78 bits per heavy atom. The van der Waals surface area contributed by atoms with E-state index in [4.69, 9.17) is 18.9 Å². The number of carbonyl (C=O) groups is 4. The topological polar surface area (TPSA) is 147 Å². The first-order valence-electron chi connectivity index (χ1n) is 17.5. The molecule has 1 spiro atoms. The number of methoxy groups -OCH3 is 1. The van der Waals surface area contributed by atoms with Crippen LogP contribution in [0.1, 0.15) is 37.4 Å². The molecule has 1 aromatic rings. The Labute approximate surface area is 301 Å². The number of halogens is 1. The number of carbonyl (C=O) groups excluding carboxylic acids is 4. The van der Waals surface area contributed by atoms with Gasteiger partial charge in [-0.15, -0.1) is 0 Å². The summed E-state index contributed by atoms with van der Waals surface area (Å²) in [5.41, 5.74) is -0.751. The summed E-state index contributed by atoms with van der Waals surface area (Å²) in [7, 11) is 1.52. The predicted octanol–water partition coefficient (Wildman–Crippen LogP) is 1.56. The Kier molecular flexibility index (Phi) is 12.1. The molecule has 5 bridgehead atoms. The van der Waals surface area contributed by atoms with Crippen molar-refractivity contribution in [2.75, 3.05) is 72.8 Å². The van der Waals surface area contributed by atoms with E-state index < -0.39 is 47.7 Å². The SMILES string of the molecule is COC[C@@H]1NC(=O)CC/C=C\CN(CCN2CCOCC2)C(=O)[C@H]2N(CCCCO)C(=O)[C@@H]3[C@@H](C(=O)O[C@H]1c1ccccc1)[C@@H]1O[C@@]32C=C1Br. The number of aliphatic hydroxyl groups is 1. The summed E-state index contributed by atoms with van der Waals surface area (Å²) in [6, 6.07) is 7.38. The molecule has 14 heteroatoms. The number of aliphatic hydroxyl groups excluding tert-OH is 1. The lowest BCUT2D eigenvalue weighted by molar-refractivity contribution is -0.162. The number of nitrogens with zero attached hydrogens (tertiary/aromatic N) is 3. The molecule has 3 fully saturated rings. The van der Waals surface area contributed by atoms with Gasteiger partial charge in [0.15, 0.2) is 0 Å². The normalized spacial score (nSPS) is 32.9. The van der Waals surface area contributed by atoms with Crippen LogP contribution in [-0.2, 0) is 38.1 Å². The third-order valence-electron chi connectivity index (χ3n) is 10.3. The highest BCUT2D eigenvalue weighted by molar-refractivity contribution is 9.11. The number of unbranched alkanes of at least 4 members (excludes halogenated alkanes) is 1. The molecule has 50 heavy (non-hydrogen) atoms. The zero-order valence-electron chi connectivity index (χ0n) is 28.4. The number of allylic oxidation sites excluding steroid dienone is 1. The minimum atomic E-state index is -1.40. The molecule has 2 N–H and O–H groups in total. The summed E-state index contributed by atoms with van der Waals surface area (Å²) in [6.07, 6.45) is 5.34. The molecule has 5 aliphatic rings. The van der Waals surface area contributed by atoms with Gasteiger partial charge in [-0.2, -0.15) is 0 Å². The minimum Gasteiger partial charge on any atom is -0.455 e. The number of nitrogens with one attached hydrogen (secondary N) is 1. The summed E-state index contributed by atoms with van der Waals surface area (Å²) in [5.74, 6) is -3.60. The van der Waals surface area contributed by atoms with Crippen LogP contribution < -0.4 is 5.32 Å². The average Bonchev–Trinajstić information content (AvgIpc) is 3.71. The molecule has 272 valence electrons. The second kappa shape index (κ2) is 16.5. The van der Waals surface area contributed by atoms with E-state index in [1.807, 2.05) is 42.5 Å². The number of cyclic esters (lactones) is 1. The van der Waals surface area contributed by atoms with Crippen LogP contribution in [0.3, 0.4) is 0 Å². The number of benzene rings is 1. The first-order chi connectivity index (χ1) is 24.3. The van der Waals surface area contributed by atoms with Crippen molar-refractivity contribution in [1.29, 1.82) is 0 Å². The van der Waals surface area contributed by atoms with Gasteiger partial charge in [0.05, 0.1) is 31.8 Å². The first kappa shape index (κ1) is 36.6. The van der Waals surface area contributed by atoms with E-state index in [0.717, 1.165) is 13.1 Å². The molecule has 3 saturated heterocycles. The smallest absolute Gasteiger partial charge is 0.313 e. The van der Waals surface area contributed by atoms with Gasteiger partial charge < -0.3 is 39.2 Å². The van der Waals surface area contributed by atoms with Gasteiger partial charge in [0.1, 0.15) is 29.8 Å². The van der Waals surface area contributed by atoms with Crippen molar-refractivity contribution >= 4 is 39.6 Å². The molecular weight excluding hydrogens is 712 g/mol. The number of ether oxygens (including phenoxy) is 4. The minimum absolute atomic E-state index is 0.0509. The first-order valence-corrected chi connectivity index (χ1v) is 18.3. The Balaban J connectivity index is 1.40. The summed E-state index contributed by atoms with van der Waals surface area (Å²) >= 11 is 3.62. The molecule has 1 aromatic carbocycles. The highest BCUT2D eigenvalue weighted by Gasteiger charge is 2.75. The summed E-state index contributed by atoms with van der Waals surface area (Å²) in [5, 5.41) is 12.6. The standard InChI is InChI=1S/C36H47BrN4O9/c1-47-23-26-30(24-10-4-2-5-11-24)49-35(46)28-29-33(44)41(14-8-9-19-42)32(36(29)22-25(37)31(28)50-36)34(45)40(13-7-3-6-12-27(43)38-26)16-15-39-17-20-48-21-18-39/h2-5,7,10-11,22,26,28-32,42H,6,8-9,12-21,23H2,1H3,(H,38,43)/b7-3-/t26-,28+,29-,30-,31+,32+,36-/m0/s1. The van der Waals surface area contributed by atoms with Gasteiger partial charge in [-0.1, -0.05) is 58.4 Å². The number of fused-ring (bicyclic) bond motifs is 2. The fraction of sp³-hybridized carbons (Fsp3) is 0.611. The Morgan fingerprint density at radius 3 is 2.52 bits per heavy atom. The van der Waals surface area contributed by atoms with Crippen LogP contribution in [-0.4, -0.2) is 140 Å². The van der Waals surface area contributed by atoms with E-state index >= 15 is 0 Å². The van der Waals surface area contributed by atoms with Crippen LogP contribution in [0.15, 0.2) is 53.0 Å². The second-order valence-corrected chi connectivity index (χ2v) is 14.4. The maximum absolute atomic E-state index is 14.9. The lowest BCUT2D eigenvalue weighted by Crippen LogP contribution is -2.57. The maximum Gasteiger partial charge on any atom is 0.313 e. The monoisotopic (exact) mass is 758 g/mol. The molecule has 0 radical (unpaired) electrons. The van der Waals surface area contributed by atoms with Crippen LogP contribution >= 0.6 is 15.9 Å². The molecule has 13 nitrogen and oxygen atoms in total. The number of likely N-dealkylation sites (tertiary alicyclic amines) is 1. The molecular formula is C36H47BrN4O9. The number of morpholine rings is 1. The van der Waals surface area contributed by atoms with Crippen molar-refractivity contribution in [3.63, 3.8) is 0 Å². The van der Waals surface area contributed by atoms with Crippen LogP contribution in [0.25, 0.3) is 0 Å². The second-order valence-electron chi connectivity index (χ2n) is 13.4. The van der Waals surface area contributed by atoms with Crippen molar-refractivity contribution in [2.45, 2.75) is 55.6 Å². The van der Waals surface area contributed by atoms with Crippen molar-refractivity contribution in [2.24, 2.45) is 11.8 Å². The van der Waals surface area contributed by atoms with Crippen LogP contribution in [0.2, 0.25) is 0 Å². The Hall–Kier alpha value is -3.14. The Bertz CT molecular complexity index is 1450. The lowest BCUT2D eigenvalue weighted by atomic mass is 9.74. The van der Waals surface area contributed by atoms with Gasteiger partial charge in [0, 0.05) is 63.9 Å². The van der Waals surface area contributed by atoms with E-state index in [1.54, 1.807) is 15.9 Å². The van der Waals surface area contributed by atoms with E-state index in [9.17, 15) is 24.3 Å². The van der Waals surface area contributed by atoms with E-state index in [0.29, 0.717) is 55.6 Å². The maximum atomic E-state index is 14.9. The van der Waals surface area contributed by atoms with Gasteiger partial charge in [0.25, 0.3) is 0 Å². The molecule has 5 heterocycles. The number of hydrogen-bond donors (Lipinski definition) is 2. The van der Waals surface area contributed by atoms with Gasteiger partial charge >= 0.3 is 5.97 Å². The Morgan fingerprint density at radius 1 is 1.00 bits per heavy atom. The number of esters is 1. The molecule has 6 rings (SSSR count). The van der Waals surface area contributed by atoms with E-state index in [2.05, 4.69) is 26.1 Å². The molecule has 5 aliphatic heterocycles. The summed E-state index contributed by atoms with van der Waals surface area (Å²) in [4.78, 5) is 62.6. The summed E-state index contributed by atoms with van der Waals surface area (Å²) < 4.78 is 24.5. The van der Waals surface area contributed by atoms with Crippen LogP contribution in [0.5, 0.6) is 0 Å². The predicted molar refractivity (Wildman–Crippen MR) is 185 cm³/mol. The highest BCUT2D eigenvalue weighted by atomic mass is 79.9. The zero-order valence-corrected chi connectivity index (χ0v) is 30.0. The van der Waals surface area contributed by atoms with Crippen molar-refractivity contribution in [3.05, 3.63) is 58.6 Å². The largest absolute Gasteiger partial charge is 0.455 e. The zero-order chi connectivity index (χ0) is 35.3. The highest BCUT2D eigenvalue weighted by Crippen LogP contribution is 2.59. The number of rotatable bonds is 10. The van der Waals surface area contributed by atoms with Crippen LogP contribution in [0, 0.1) is 11.8 Å². The van der Waals surface area contributed by atoms with Crippen molar-refractivity contribution in [3.8, 4) is 0 Å². The fourth-order valence-corrected chi connectivity index (χ4v) is 8.61.